The van der Waals surface area contributed by atoms with Crippen molar-refractivity contribution in [2.24, 2.45) is 11.3 Å². The van der Waals surface area contributed by atoms with Crippen LogP contribution >= 0.6 is 0 Å². The summed E-state index contributed by atoms with van der Waals surface area (Å²) in [6.07, 6.45) is 0.881. The molecule has 0 aromatic rings. The van der Waals surface area contributed by atoms with Gasteiger partial charge in [0.15, 0.2) is 5.79 Å². The van der Waals surface area contributed by atoms with Crippen LogP contribution in [0.2, 0.25) is 0 Å². The van der Waals surface area contributed by atoms with E-state index >= 15 is 0 Å². The molecule has 100 valence electrons. The standard InChI is InChI=1S/C13H18O5/c1-12(2)8-13(17-4-5-18-13)6-9(10(12)7-14)11(15)16-3/h9H,4-6,8H2,1-3H3. The van der Waals surface area contributed by atoms with Crippen LogP contribution < -0.4 is 0 Å². The average Bonchev–Trinajstić information content (AvgIpc) is 2.74. The second-order valence-corrected chi connectivity index (χ2v) is 5.46. The zero-order valence-corrected chi connectivity index (χ0v) is 10.9. The molecule has 1 atom stereocenters. The molecule has 0 radical (unpaired) electrons. The van der Waals surface area contributed by atoms with Crippen LogP contribution in [0.5, 0.6) is 0 Å². The molecule has 1 aliphatic heterocycles. The summed E-state index contributed by atoms with van der Waals surface area (Å²) in [7, 11) is 1.31. The first-order chi connectivity index (χ1) is 8.44. The third-order valence-electron chi connectivity index (χ3n) is 3.71. The number of hydrogen-bond acceptors (Lipinski definition) is 5. The molecule has 1 heterocycles. The van der Waals surface area contributed by atoms with Crippen LogP contribution in [0, 0.1) is 11.3 Å². The van der Waals surface area contributed by atoms with Gasteiger partial charge in [-0.2, -0.15) is 0 Å². The highest BCUT2D eigenvalue weighted by Crippen LogP contribution is 2.50. The molecule has 0 bridgehead atoms. The Morgan fingerprint density at radius 3 is 2.50 bits per heavy atom. The minimum absolute atomic E-state index is 0.327. The van der Waals surface area contributed by atoms with Crippen molar-refractivity contribution in [3.05, 3.63) is 5.57 Å². The number of carbonyl (C=O) groups is 1. The summed E-state index contributed by atoms with van der Waals surface area (Å²) in [5, 5.41) is 0. The number of esters is 1. The van der Waals surface area contributed by atoms with Crippen LogP contribution in [0.25, 0.3) is 0 Å². The van der Waals surface area contributed by atoms with Crippen LogP contribution in [0.1, 0.15) is 26.7 Å². The van der Waals surface area contributed by atoms with Gasteiger partial charge in [0.1, 0.15) is 5.94 Å². The van der Waals surface area contributed by atoms with Crippen molar-refractivity contribution in [2.75, 3.05) is 20.3 Å². The Morgan fingerprint density at radius 1 is 1.39 bits per heavy atom. The van der Waals surface area contributed by atoms with Gasteiger partial charge in [0.25, 0.3) is 0 Å². The molecule has 18 heavy (non-hydrogen) atoms. The lowest BCUT2D eigenvalue weighted by Gasteiger charge is -2.44. The van der Waals surface area contributed by atoms with E-state index in [9.17, 15) is 9.59 Å². The molecular formula is C13H18O5. The summed E-state index contributed by atoms with van der Waals surface area (Å²) in [6, 6.07) is 0. The number of hydrogen-bond donors (Lipinski definition) is 0. The Balaban J connectivity index is 2.36. The summed E-state index contributed by atoms with van der Waals surface area (Å²) in [4.78, 5) is 23.0. The molecule has 2 aliphatic rings. The van der Waals surface area contributed by atoms with Crippen molar-refractivity contribution >= 4 is 11.9 Å². The van der Waals surface area contributed by atoms with Crippen LogP contribution in [-0.4, -0.2) is 38.0 Å². The van der Waals surface area contributed by atoms with Crippen molar-refractivity contribution in [2.45, 2.75) is 32.5 Å². The quantitative estimate of drug-likeness (QED) is 0.518. The van der Waals surface area contributed by atoms with Crippen molar-refractivity contribution in [3.63, 3.8) is 0 Å². The van der Waals surface area contributed by atoms with Crippen molar-refractivity contribution in [1.82, 2.24) is 0 Å². The lowest BCUT2D eigenvalue weighted by atomic mass is 9.66. The molecule has 1 saturated carbocycles. The molecule has 1 saturated heterocycles. The maximum absolute atomic E-state index is 11.8. The second kappa shape index (κ2) is 4.50. The first-order valence-electron chi connectivity index (χ1n) is 6.05. The van der Waals surface area contributed by atoms with E-state index in [1.54, 1.807) is 0 Å². The predicted molar refractivity (Wildman–Crippen MR) is 62.4 cm³/mol. The number of methoxy groups -OCH3 is 1. The minimum Gasteiger partial charge on any atom is -0.469 e. The van der Waals surface area contributed by atoms with E-state index in [0.717, 1.165) is 0 Å². The summed E-state index contributed by atoms with van der Waals surface area (Å²) in [5.41, 5.74) is -0.0394. The van der Waals surface area contributed by atoms with Crippen LogP contribution in [0.15, 0.2) is 5.57 Å². The van der Waals surface area contributed by atoms with Gasteiger partial charge in [-0.25, -0.2) is 4.79 Å². The normalized spacial score (nSPS) is 29.1. The molecule has 5 nitrogen and oxygen atoms in total. The van der Waals surface area contributed by atoms with Crippen molar-refractivity contribution in [1.29, 1.82) is 0 Å². The molecule has 1 unspecified atom stereocenters. The fourth-order valence-corrected chi connectivity index (χ4v) is 3.00. The highest BCUT2D eigenvalue weighted by molar-refractivity contribution is 5.80. The first kappa shape index (κ1) is 13.3. The van der Waals surface area contributed by atoms with Gasteiger partial charge in [-0.3, -0.25) is 4.79 Å². The lowest BCUT2D eigenvalue weighted by molar-refractivity contribution is -0.202. The van der Waals surface area contributed by atoms with Crippen molar-refractivity contribution < 1.29 is 23.8 Å². The van der Waals surface area contributed by atoms with E-state index in [-0.39, 0.29) is 0 Å². The molecule has 2 fully saturated rings. The molecule has 1 aliphatic carbocycles. The summed E-state index contributed by atoms with van der Waals surface area (Å²) >= 11 is 0. The maximum Gasteiger partial charge on any atom is 0.313 e. The fraction of sp³-hybridized carbons (Fsp3) is 0.769. The van der Waals surface area contributed by atoms with Gasteiger partial charge in [-0.15, -0.1) is 0 Å². The van der Waals surface area contributed by atoms with Crippen LogP contribution in [0.3, 0.4) is 0 Å². The topological polar surface area (TPSA) is 61.8 Å². The molecule has 2 rings (SSSR count). The zero-order valence-electron chi connectivity index (χ0n) is 10.9. The molecule has 0 N–H and O–H groups in total. The van der Waals surface area contributed by atoms with Gasteiger partial charge >= 0.3 is 5.97 Å². The molecule has 0 amide bonds. The van der Waals surface area contributed by atoms with E-state index < -0.39 is 23.1 Å². The number of rotatable bonds is 1. The number of carbonyl (C=O) groups excluding carboxylic acids is 2. The Morgan fingerprint density at radius 2 is 2.00 bits per heavy atom. The van der Waals surface area contributed by atoms with Gasteiger partial charge in [-0.05, 0) is 0 Å². The molecular weight excluding hydrogens is 236 g/mol. The van der Waals surface area contributed by atoms with Gasteiger partial charge in [0, 0.05) is 23.8 Å². The van der Waals surface area contributed by atoms with E-state index in [1.807, 2.05) is 19.8 Å². The average molecular weight is 254 g/mol. The smallest absolute Gasteiger partial charge is 0.313 e. The highest BCUT2D eigenvalue weighted by atomic mass is 16.7. The van der Waals surface area contributed by atoms with Crippen molar-refractivity contribution in [3.8, 4) is 0 Å². The monoisotopic (exact) mass is 254 g/mol. The van der Waals surface area contributed by atoms with E-state index in [4.69, 9.17) is 14.2 Å². The van der Waals surface area contributed by atoms with Crippen LogP contribution in [0.4, 0.5) is 0 Å². The zero-order chi connectivity index (χ0) is 13.4. The van der Waals surface area contributed by atoms with E-state index in [2.05, 4.69) is 0 Å². The van der Waals surface area contributed by atoms with Gasteiger partial charge in [0.2, 0.25) is 0 Å². The second-order valence-electron chi connectivity index (χ2n) is 5.46. The Kier molecular flexibility index (Phi) is 3.32. The van der Waals surface area contributed by atoms with Gasteiger partial charge in [0.05, 0.1) is 26.2 Å². The molecule has 0 aromatic carbocycles. The van der Waals surface area contributed by atoms with Crippen LogP contribution in [-0.2, 0) is 23.8 Å². The maximum atomic E-state index is 11.8. The van der Waals surface area contributed by atoms with E-state index in [1.165, 1.54) is 7.11 Å². The number of ether oxygens (including phenoxy) is 3. The first-order valence-corrected chi connectivity index (χ1v) is 6.05. The highest BCUT2D eigenvalue weighted by Gasteiger charge is 2.53. The molecule has 0 aromatic heterocycles. The lowest BCUT2D eigenvalue weighted by Crippen LogP contribution is -2.47. The van der Waals surface area contributed by atoms with E-state index in [0.29, 0.717) is 31.6 Å². The Hall–Kier alpha value is -1.16. The third-order valence-corrected chi connectivity index (χ3v) is 3.71. The summed E-state index contributed by atoms with van der Waals surface area (Å²) in [6.45, 7) is 4.83. The Bertz CT molecular complexity index is 400. The minimum atomic E-state index is -0.761. The predicted octanol–water partition coefficient (Wildman–Crippen LogP) is 1.10. The summed E-state index contributed by atoms with van der Waals surface area (Å²) in [5.74, 6) is 0.0982. The largest absolute Gasteiger partial charge is 0.469 e. The molecule has 1 spiro atoms. The third kappa shape index (κ3) is 2.09. The van der Waals surface area contributed by atoms with Gasteiger partial charge < -0.3 is 14.2 Å². The SMILES string of the molecule is COC(=O)C1CC2(CC(C)(C)C1=C=O)OCCO2. The fourth-order valence-electron chi connectivity index (χ4n) is 3.00. The molecule has 5 heteroatoms. The van der Waals surface area contributed by atoms with Gasteiger partial charge in [-0.1, -0.05) is 13.8 Å². The Labute approximate surface area is 106 Å². The summed E-state index contributed by atoms with van der Waals surface area (Å²) < 4.78 is 16.1.